The molecule has 0 aliphatic carbocycles. The first-order valence-corrected chi connectivity index (χ1v) is 13.7. The van der Waals surface area contributed by atoms with E-state index in [0.29, 0.717) is 6.42 Å². The van der Waals surface area contributed by atoms with E-state index in [1.54, 1.807) is 30.9 Å². The van der Waals surface area contributed by atoms with Gasteiger partial charge in [0.2, 0.25) is 5.91 Å². The van der Waals surface area contributed by atoms with Crippen LogP contribution in [0.4, 0.5) is 0 Å². The van der Waals surface area contributed by atoms with Gasteiger partial charge in [0, 0.05) is 21.1 Å². The van der Waals surface area contributed by atoms with Gasteiger partial charge in [0.15, 0.2) is 5.96 Å². The number of nitrogens with zero attached hydrogens (tertiary/aromatic N) is 2. The summed E-state index contributed by atoms with van der Waals surface area (Å²) in [6.45, 7) is 0. The fourth-order valence-corrected chi connectivity index (χ4v) is 8.93. The van der Waals surface area contributed by atoms with Crippen molar-refractivity contribution in [2.75, 3.05) is 27.3 Å². The number of carbonyl (C=O) groups is 1. The molecule has 178 valence electrons. The van der Waals surface area contributed by atoms with E-state index in [2.05, 4.69) is 91.0 Å². The minimum atomic E-state index is -1.87. The van der Waals surface area contributed by atoms with Crippen LogP contribution in [0, 0.1) is 5.41 Å². The van der Waals surface area contributed by atoms with Crippen molar-refractivity contribution < 1.29 is 4.79 Å². The molecule has 1 amide bonds. The van der Waals surface area contributed by atoms with Crippen molar-refractivity contribution in [3.05, 3.63) is 91.0 Å². The normalized spacial score (nSPS) is 12.1. The zero-order valence-corrected chi connectivity index (χ0v) is 21.3. The summed E-state index contributed by atoms with van der Waals surface area (Å²) < 4.78 is 0. The van der Waals surface area contributed by atoms with Crippen molar-refractivity contribution in [2.24, 2.45) is 5.73 Å². The summed E-state index contributed by atoms with van der Waals surface area (Å²) in [7, 11) is 3.35. The lowest BCUT2D eigenvalue weighted by atomic mass is 10.1. The summed E-state index contributed by atoms with van der Waals surface area (Å²) in [6, 6.07) is 32.1. The molecule has 0 spiro atoms. The van der Waals surface area contributed by atoms with Gasteiger partial charge < -0.3 is 15.5 Å². The molecule has 1 atom stereocenters. The molecule has 0 aliphatic rings. The zero-order chi connectivity index (χ0) is 24.6. The third kappa shape index (κ3) is 5.66. The molecular weight excluding hydrogens is 439 g/mol. The van der Waals surface area contributed by atoms with Gasteiger partial charge in [0.25, 0.3) is 0 Å². The van der Waals surface area contributed by atoms with Gasteiger partial charge in [-0.1, -0.05) is 54.6 Å². The molecule has 3 N–H and O–H groups in total. The van der Waals surface area contributed by atoms with E-state index in [9.17, 15) is 4.79 Å². The molecule has 0 bridgehead atoms. The van der Waals surface area contributed by atoms with Crippen molar-refractivity contribution in [3.63, 3.8) is 0 Å². The van der Waals surface area contributed by atoms with E-state index < -0.39 is 13.3 Å². The van der Waals surface area contributed by atoms with Crippen LogP contribution in [0.3, 0.4) is 0 Å². The Balaban J connectivity index is 1.93. The number of nitrogens with one attached hydrogen (secondary N) is 1. The maximum atomic E-state index is 12.8. The SMILES string of the molecule is CN(C)C(=O)C(CCCC[P+](c1ccccc1)(c1ccccc1)c1ccccc1)N(C)C(=N)N. The van der Waals surface area contributed by atoms with Gasteiger partial charge in [0.1, 0.15) is 29.2 Å². The van der Waals surface area contributed by atoms with Crippen LogP contribution < -0.4 is 21.6 Å². The van der Waals surface area contributed by atoms with E-state index in [4.69, 9.17) is 11.1 Å². The number of hydrogen-bond acceptors (Lipinski definition) is 2. The van der Waals surface area contributed by atoms with Crippen LogP contribution in [0.15, 0.2) is 91.0 Å². The largest absolute Gasteiger partial charge is 0.370 e. The van der Waals surface area contributed by atoms with Crippen LogP contribution in [0.25, 0.3) is 0 Å². The van der Waals surface area contributed by atoms with Gasteiger partial charge in [-0.05, 0) is 55.7 Å². The Bertz CT molecular complexity index is 961. The van der Waals surface area contributed by atoms with E-state index in [0.717, 1.165) is 19.0 Å². The highest BCUT2D eigenvalue weighted by atomic mass is 31.2. The second kappa shape index (κ2) is 11.8. The van der Waals surface area contributed by atoms with Crippen molar-refractivity contribution in [1.82, 2.24) is 9.80 Å². The number of unbranched alkanes of at least 4 members (excludes halogenated alkanes) is 1. The van der Waals surface area contributed by atoms with Gasteiger partial charge in [-0.3, -0.25) is 10.2 Å². The number of rotatable bonds is 10. The van der Waals surface area contributed by atoms with Gasteiger partial charge >= 0.3 is 0 Å². The summed E-state index contributed by atoms with van der Waals surface area (Å²) in [6.07, 6.45) is 3.51. The molecule has 3 aromatic rings. The Morgan fingerprint density at radius 2 is 1.21 bits per heavy atom. The Morgan fingerprint density at radius 3 is 1.56 bits per heavy atom. The van der Waals surface area contributed by atoms with E-state index in [1.807, 2.05) is 0 Å². The number of carbonyl (C=O) groups excluding carboxylic acids is 1. The lowest BCUT2D eigenvalue weighted by Crippen LogP contribution is -2.49. The first-order chi connectivity index (χ1) is 16.4. The summed E-state index contributed by atoms with van der Waals surface area (Å²) in [4.78, 5) is 15.9. The quantitative estimate of drug-likeness (QED) is 0.204. The second-order valence-electron chi connectivity index (χ2n) is 8.78. The maximum absolute atomic E-state index is 12.8. The average molecular weight is 476 g/mol. The van der Waals surface area contributed by atoms with Gasteiger partial charge in [-0.15, -0.1) is 0 Å². The van der Waals surface area contributed by atoms with Crippen LogP contribution in [-0.4, -0.2) is 55.0 Å². The number of likely N-dealkylation sites (N-methyl/N-ethyl adjacent to an activating group) is 2. The van der Waals surface area contributed by atoms with Gasteiger partial charge in [-0.2, -0.15) is 0 Å². The zero-order valence-electron chi connectivity index (χ0n) is 20.4. The number of hydrogen-bond donors (Lipinski definition) is 2. The molecule has 0 aromatic heterocycles. The van der Waals surface area contributed by atoms with Crippen molar-refractivity contribution in [2.45, 2.75) is 25.3 Å². The van der Waals surface area contributed by atoms with E-state index >= 15 is 0 Å². The maximum Gasteiger partial charge on any atom is 0.244 e. The van der Waals surface area contributed by atoms with Crippen LogP contribution in [-0.2, 0) is 4.79 Å². The molecule has 0 aliphatic heterocycles. The third-order valence-corrected chi connectivity index (χ3v) is 10.9. The molecule has 5 nitrogen and oxygen atoms in total. The first-order valence-electron chi connectivity index (χ1n) is 11.7. The molecule has 34 heavy (non-hydrogen) atoms. The summed E-state index contributed by atoms with van der Waals surface area (Å²) >= 11 is 0. The molecule has 3 rings (SSSR count). The van der Waals surface area contributed by atoms with Crippen LogP contribution in [0.2, 0.25) is 0 Å². The van der Waals surface area contributed by atoms with Crippen LogP contribution in [0.5, 0.6) is 0 Å². The second-order valence-corrected chi connectivity index (χ2v) is 12.4. The molecule has 1 unspecified atom stereocenters. The fraction of sp³-hybridized carbons (Fsp3) is 0.286. The summed E-state index contributed by atoms with van der Waals surface area (Å²) in [5, 5.41) is 11.9. The molecule has 0 saturated carbocycles. The van der Waals surface area contributed by atoms with E-state index in [1.165, 1.54) is 15.9 Å². The van der Waals surface area contributed by atoms with Crippen molar-refractivity contribution in [3.8, 4) is 0 Å². The summed E-state index contributed by atoms with van der Waals surface area (Å²) in [5.74, 6) is -0.104. The highest BCUT2D eigenvalue weighted by molar-refractivity contribution is 7.95. The fourth-order valence-electron chi connectivity index (χ4n) is 4.52. The standard InChI is InChI=1S/C28H36N4OP/c1-31(2)27(33)26(32(3)28(29)30)21-13-14-22-34(23-15-7-4-8-16-23,24-17-9-5-10-18-24)25-19-11-6-12-20-25/h4-12,15-20,26H,13-14,21-22H2,1-3H3,(H3,29,30)/q+1. The minimum Gasteiger partial charge on any atom is -0.370 e. The van der Waals surface area contributed by atoms with Gasteiger partial charge in [0.05, 0.1) is 6.16 Å². The Hall–Kier alpha value is -3.17. The Kier molecular flexibility index (Phi) is 8.84. The van der Waals surface area contributed by atoms with Crippen molar-refractivity contribution >= 4 is 35.0 Å². The molecule has 0 fully saturated rings. The highest BCUT2D eigenvalue weighted by Gasteiger charge is 2.44. The minimum absolute atomic E-state index is 0.0204. The summed E-state index contributed by atoms with van der Waals surface area (Å²) in [5.41, 5.74) is 5.72. The monoisotopic (exact) mass is 475 g/mol. The van der Waals surface area contributed by atoms with Crippen LogP contribution in [0.1, 0.15) is 19.3 Å². The average Bonchev–Trinajstić information content (AvgIpc) is 2.87. The predicted octanol–water partition coefficient (Wildman–Crippen LogP) is 3.43. The topological polar surface area (TPSA) is 73.4 Å². The molecule has 6 heteroatoms. The highest BCUT2D eigenvalue weighted by Crippen LogP contribution is 2.56. The lowest BCUT2D eigenvalue weighted by Gasteiger charge is -2.30. The lowest BCUT2D eigenvalue weighted by molar-refractivity contribution is -0.133. The molecule has 3 aromatic carbocycles. The number of benzene rings is 3. The number of guanidine groups is 1. The number of amides is 1. The Labute approximate surface area is 204 Å². The molecule has 0 saturated heterocycles. The number of nitrogens with two attached hydrogens (primary N) is 1. The first kappa shape index (κ1) is 25.5. The Morgan fingerprint density at radius 1 is 0.794 bits per heavy atom. The molecule has 0 radical (unpaired) electrons. The third-order valence-electron chi connectivity index (χ3n) is 6.39. The van der Waals surface area contributed by atoms with Crippen LogP contribution >= 0.6 is 7.26 Å². The smallest absolute Gasteiger partial charge is 0.244 e. The van der Waals surface area contributed by atoms with E-state index in [-0.39, 0.29) is 11.9 Å². The molecule has 0 heterocycles. The van der Waals surface area contributed by atoms with Crippen molar-refractivity contribution in [1.29, 1.82) is 5.41 Å². The predicted molar refractivity (Wildman–Crippen MR) is 146 cm³/mol. The molecular formula is C28H36N4OP+. The van der Waals surface area contributed by atoms with Gasteiger partial charge in [-0.25, -0.2) is 0 Å².